The normalized spacial score (nSPS) is 11.6. The lowest BCUT2D eigenvalue weighted by atomic mass is 10.1. The zero-order valence-electron chi connectivity index (χ0n) is 26.8. The summed E-state index contributed by atoms with van der Waals surface area (Å²) in [5.74, 6) is 1.74. The third-order valence-corrected chi connectivity index (χ3v) is 9.45. The van der Waals surface area contributed by atoms with Crippen LogP contribution in [0.4, 0.5) is 0 Å². The first-order chi connectivity index (χ1) is 24.8. The van der Waals surface area contributed by atoms with E-state index in [1.165, 1.54) is 21.9 Å². The predicted molar refractivity (Wildman–Crippen MR) is 203 cm³/mol. The van der Waals surface area contributed by atoms with Crippen molar-refractivity contribution in [1.29, 1.82) is 0 Å². The first-order valence-corrected chi connectivity index (χ1v) is 16.7. The lowest BCUT2D eigenvalue weighted by molar-refractivity contribution is 0.944. The van der Waals surface area contributed by atoms with Crippen LogP contribution in [0, 0.1) is 0 Å². The van der Waals surface area contributed by atoms with Crippen molar-refractivity contribution >= 4 is 43.7 Å². The molecular formula is C44H28N6. The molecule has 0 saturated carbocycles. The number of benzene rings is 6. The van der Waals surface area contributed by atoms with E-state index in [-0.39, 0.29) is 0 Å². The number of aromatic nitrogens is 6. The monoisotopic (exact) mass is 640 g/mol. The maximum Gasteiger partial charge on any atom is 0.240 e. The Morgan fingerprint density at radius 1 is 0.360 bits per heavy atom. The van der Waals surface area contributed by atoms with Gasteiger partial charge in [0.2, 0.25) is 5.95 Å². The zero-order chi connectivity index (χ0) is 33.0. The molecule has 0 bridgehead atoms. The van der Waals surface area contributed by atoms with Crippen molar-refractivity contribution in [3.05, 3.63) is 170 Å². The Balaban J connectivity index is 1.25. The van der Waals surface area contributed by atoms with Gasteiger partial charge in [0.1, 0.15) is 5.65 Å². The van der Waals surface area contributed by atoms with Crippen LogP contribution in [0.2, 0.25) is 0 Å². The van der Waals surface area contributed by atoms with Crippen LogP contribution in [0.1, 0.15) is 0 Å². The quantitative estimate of drug-likeness (QED) is 0.188. The van der Waals surface area contributed by atoms with Gasteiger partial charge in [0.05, 0.1) is 16.6 Å². The highest BCUT2D eigenvalue weighted by molar-refractivity contribution is 6.28. The SMILES string of the molecule is c1ccc(-c2ccc(-n3c4ccccc4c4c5c6cccnc6n(-c6nc(-c7ccccc7)nc(-c7ccccc7)n6)c5ccc43)cc2)cc1. The average Bonchev–Trinajstić information content (AvgIpc) is 3.72. The molecule has 0 aliphatic rings. The molecule has 0 aliphatic carbocycles. The van der Waals surface area contributed by atoms with Crippen LogP contribution in [0.3, 0.4) is 0 Å². The lowest BCUT2D eigenvalue weighted by Gasteiger charge is -2.11. The van der Waals surface area contributed by atoms with E-state index < -0.39 is 0 Å². The van der Waals surface area contributed by atoms with Crippen LogP contribution in [-0.2, 0) is 0 Å². The molecule has 0 radical (unpaired) electrons. The second-order valence-corrected chi connectivity index (χ2v) is 12.3. The molecule has 234 valence electrons. The maximum atomic E-state index is 5.10. The summed E-state index contributed by atoms with van der Waals surface area (Å²) in [5.41, 5.74) is 9.39. The van der Waals surface area contributed by atoms with Crippen molar-refractivity contribution in [1.82, 2.24) is 29.1 Å². The van der Waals surface area contributed by atoms with Gasteiger partial charge in [-0.05, 0) is 53.6 Å². The van der Waals surface area contributed by atoms with E-state index >= 15 is 0 Å². The Morgan fingerprint density at radius 3 is 1.54 bits per heavy atom. The Kier molecular flexibility index (Phi) is 6.39. The molecule has 0 atom stereocenters. The molecule has 4 heterocycles. The fourth-order valence-corrected chi connectivity index (χ4v) is 7.20. The highest BCUT2D eigenvalue weighted by Crippen LogP contribution is 2.42. The molecule has 6 nitrogen and oxygen atoms in total. The number of para-hydroxylation sites is 1. The van der Waals surface area contributed by atoms with Crippen molar-refractivity contribution < 1.29 is 0 Å². The lowest BCUT2D eigenvalue weighted by Crippen LogP contribution is -2.06. The molecule has 0 N–H and O–H groups in total. The Labute approximate surface area is 287 Å². The third kappa shape index (κ3) is 4.43. The van der Waals surface area contributed by atoms with Gasteiger partial charge in [-0.2, -0.15) is 9.97 Å². The maximum absolute atomic E-state index is 5.10. The van der Waals surface area contributed by atoms with Gasteiger partial charge in [-0.25, -0.2) is 9.97 Å². The molecule has 0 aliphatic heterocycles. The van der Waals surface area contributed by atoms with Crippen LogP contribution < -0.4 is 0 Å². The van der Waals surface area contributed by atoms with Gasteiger partial charge in [-0.3, -0.25) is 4.57 Å². The van der Waals surface area contributed by atoms with Crippen LogP contribution in [-0.4, -0.2) is 29.1 Å². The van der Waals surface area contributed by atoms with Crippen molar-refractivity contribution in [2.75, 3.05) is 0 Å². The van der Waals surface area contributed by atoms with Gasteiger partial charge < -0.3 is 4.57 Å². The van der Waals surface area contributed by atoms with Crippen LogP contribution >= 0.6 is 0 Å². The Hall–Kier alpha value is -6.92. The van der Waals surface area contributed by atoms with Crippen LogP contribution in [0.5, 0.6) is 0 Å². The second-order valence-electron chi connectivity index (χ2n) is 12.3. The third-order valence-electron chi connectivity index (χ3n) is 9.45. The molecule has 50 heavy (non-hydrogen) atoms. The van der Waals surface area contributed by atoms with E-state index in [4.69, 9.17) is 19.9 Å². The number of nitrogens with zero attached hydrogens (tertiary/aromatic N) is 6. The minimum Gasteiger partial charge on any atom is -0.309 e. The van der Waals surface area contributed by atoms with Crippen molar-refractivity contribution in [3.8, 4) is 45.5 Å². The number of fused-ring (bicyclic) bond motifs is 7. The standard InChI is InChI=1S/C44H28N6/c1-4-13-29(14-5-1)30-22-24-33(25-23-30)49-36-21-11-10-19-34(36)39-37(49)26-27-38-40(39)35-20-12-28-45-43(35)50(38)44-47-41(31-15-6-2-7-16-31)46-42(48-44)32-17-8-3-9-18-32/h1-28H. The summed E-state index contributed by atoms with van der Waals surface area (Å²) >= 11 is 0. The minimum atomic E-state index is 0.524. The van der Waals surface area contributed by atoms with Gasteiger partial charge >= 0.3 is 0 Å². The molecule has 0 unspecified atom stereocenters. The number of rotatable bonds is 5. The Morgan fingerprint density at radius 2 is 0.880 bits per heavy atom. The molecule has 6 aromatic carbocycles. The first-order valence-electron chi connectivity index (χ1n) is 16.7. The summed E-state index contributed by atoms with van der Waals surface area (Å²) in [5, 5.41) is 4.50. The molecule has 10 rings (SSSR count). The molecule has 10 aromatic rings. The van der Waals surface area contributed by atoms with E-state index in [1.807, 2.05) is 72.9 Å². The van der Waals surface area contributed by atoms with E-state index in [9.17, 15) is 0 Å². The summed E-state index contributed by atoms with van der Waals surface area (Å²) < 4.78 is 4.45. The van der Waals surface area contributed by atoms with Gasteiger partial charge in [0.15, 0.2) is 11.6 Å². The van der Waals surface area contributed by atoms with Gasteiger partial charge in [0.25, 0.3) is 0 Å². The largest absolute Gasteiger partial charge is 0.309 e. The van der Waals surface area contributed by atoms with Gasteiger partial charge in [0, 0.05) is 44.6 Å². The summed E-state index contributed by atoms with van der Waals surface area (Å²) in [7, 11) is 0. The first kappa shape index (κ1) is 28.1. The number of pyridine rings is 1. The van der Waals surface area contributed by atoms with Gasteiger partial charge in [-0.1, -0.05) is 121 Å². The number of hydrogen-bond acceptors (Lipinski definition) is 4. The molecule has 0 saturated heterocycles. The fourth-order valence-electron chi connectivity index (χ4n) is 7.20. The second kappa shape index (κ2) is 11.4. The molecule has 0 spiro atoms. The average molecular weight is 641 g/mol. The van der Waals surface area contributed by atoms with Crippen molar-refractivity contribution in [3.63, 3.8) is 0 Å². The van der Waals surface area contributed by atoms with E-state index in [2.05, 4.69) is 106 Å². The van der Waals surface area contributed by atoms with E-state index in [1.54, 1.807) is 0 Å². The van der Waals surface area contributed by atoms with Crippen LogP contribution in [0.15, 0.2) is 170 Å². The smallest absolute Gasteiger partial charge is 0.240 e. The summed E-state index contributed by atoms with van der Waals surface area (Å²) in [6, 6.07) is 56.7. The van der Waals surface area contributed by atoms with E-state index in [0.717, 1.165) is 49.8 Å². The topological polar surface area (TPSA) is 61.4 Å². The number of hydrogen-bond donors (Lipinski definition) is 0. The summed E-state index contributed by atoms with van der Waals surface area (Å²) in [6.45, 7) is 0. The summed E-state index contributed by atoms with van der Waals surface area (Å²) in [6.07, 6.45) is 1.84. The fraction of sp³-hybridized carbons (Fsp3) is 0. The Bertz CT molecular complexity index is 2780. The van der Waals surface area contributed by atoms with E-state index in [0.29, 0.717) is 17.6 Å². The summed E-state index contributed by atoms with van der Waals surface area (Å²) in [4.78, 5) is 20.1. The van der Waals surface area contributed by atoms with Crippen molar-refractivity contribution in [2.24, 2.45) is 0 Å². The van der Waals surface area contributed by atoms with Crippen LogP contribution in [0.25, 0.3) is 89.3 Å². The van der Waals surface area contributed by atoms with Crippen molar-refractivity contribution in [2.45, 2.75) is 0 Å². The molecule has 0 amide bonds. The zero-order valence-corrected chi connectivity index (χ0v) is 26.8. The molecule has 6 heteroatoms. The molecular weight excluding hydrogens is 613 g/mol. The molecule has 0 fully saturated rings. The minimum absolute atomic E-state index is 0.524. The van der Waals surface area contributed by atoms with Gasteiger partial charge in [-0.15, -0.1) is 0 Å². The highest BCUT2D eigenvalue weighted by Gasteiger charge is 2.23. The predicted octanol–water partition coefficient (Wildman–Crippen LogP) is 10.5. The molecule has 4 aromatic heterocycles. The highest BCUT2D eigenvalue weighted by atomic mass is 15.2.